The van der Waals surface area contributed by atoms with Crippen LogP contribution in [0.2, 0.25) is 0 Å². The summed E-state index contributed by atoms with van der Waals surface area (Å²) in [5.41, 5.74) is 0. The SMILES string of the molecule is CCCN1CCCC(NC2CCCC2n2ccnc2)CC1. The number of nitrogens with one attached hydrogen (secondary N) is 1. The van der Waals surface area contributed by atoms with Gasteiger partial charge in [-0.15, -0.1) is 0 Å². The van der Waals surface area contributed by atoms with E-state index in [0.717, 1.165) is 0 Å². The third-order valence-corrected chi connectivity index (χ3v) is 5.20. The number of hydrogen-bond acceptors (Lipinski definition) is 3. The van der Waals surface area contributed by atoms with E-state index in [4.69, 9.17) is 0 Å². The topological polar surface area (TPSA) is 33.1 Å². The molecule has 1 saturated heterocycles. The van der Waals surface area contributed by atoms with Crippen molar-refractivity contribution < 1.29 is 0 Å². The Morgan fingerprint density at radius 3 is 2.90 bits per heavy atom. The van der Waals surface area contributed by atoms with Gasteiger partial charge < -0.3 is 14.8 Å². The van der Waals surface area contributed by atoms with Crippen LogP contribution in [0.15, 0.2) is 18.7 Å². The fraction of sp³-hybridized carbons (Fsp3) is 0.824. The minimum atomic E-state index is 0.613. The number of rotatable bonds is 5. The second kappa shape index (κ2) is 7.41. The first-order valence-corrected chi connectivity index (χ1v) is 8.82. The molecule has 1 aliphatic carbocycles. The van der Waals surface area contributed by atoms with Crippen LogP contribution in [0.1, 0.15) is 57.9 Å². The normalized spacial score (nSPS) is 31.4. The molecule has 0 aromatic carbocycles. The molecule has 21 heavy (non-hydrogen) atoms. The zero-order chi connectivity index (χ0) is 14.5. The van der Waals surface area contributed by atoms with E-state index in [1.165, 1.54) is 64.6 Å². The van der Waals surface area contributed by atoms with Crippen LogP contribution < -0.4 is 5.32 Å². The Kier molecular flexibility index (Phi) is 5.31. The predicted octanol–water partition coefficient (Wildman–Crippen LogP) is 2.83. The molecule has 2 aliphatic rings. The van der Waals surface area contributed by atoms with Crippen LogP contribution in [0.4, 0.5) is 0 Å². The van der Waals surface area contributed by atoms with Crippen LogP contribution >= 0.6 is 0 Å². The summed E-state index contributed by atoms with van der Waals surface area (Å²) in [6.07, 6.45) is 15.3. The van der Waals surface area contributed by atoms with Gasteiger partial charge in [0.1, 0.15) is 0 Å². The predicted molar refractivity (Wildman–Crippen MR) is 86.4 cm³/mol. The van der Waals surface area contributed by atoms with Crippen molar-refractivity contribution in [3.05, 3.63) is 18.7 Å². The second-order valence-electron chi connectivity index (χ2n) is 6.75. The maximum Gasteiger partial charge on any atom is 0.0949 e. The summed E-state index contributed by atoms with van der Waals surface area (Å²) in [7, 11) is 0. The van der Waals surface area contributed by atoms with E-state index in [1.54, 1.807) is 0 Å². The summed E-state index contributed by atoms with van der Waals surface area (Å²) in [5, 5.41) is 3.98. The van der Waals surface area contributed by atoms with Crippen LogP contribution in [-0.2, 0) is 0 Å². The Labute approximate surface area is 128 Å². The van der Waals surface area contributed by atoms with Gasteiger partial charge in [0, 0.05) is 30.5 Å². The molecule has 3 unspecified atom stereocenters. The average Bonchev–Trinajstić information content (AvgIpc) is 3.10. The monoisotopic (exact) mass is 290 g/mol. The van der Waals surface area contributed by atoms with Gasteiger partial charge in [-0.2, -0.15) is 0 Å². The lowest BCUT2D eigenvalue weighted by Crippen LogP contribution is -2.41. The fourth-order valence-electron chi connectivity index (χ4n) is 4.12. The summed E-state index contributed by atoms with van der Waals surface area (Å²) >= 11 is 0. The molecule has 1 aliphatic heterocycles. The smallest absolute Gasteiger partial charge is 0.0949 e. The summed E-state index contributed by atoms with van der Waals surface area (Å²) < 4.78 is 2.31. The summed E-state index contributed by atoms with van der Waals surface area (Å²) in [4.78, 5) is 6.86. The fourth-order valence-corrected chi connectivity index (χ4v) is 4.12. The van der Waals surface area contributed by atoms with Gasteiger partial charge in [-0.05, 0) is 64.6 Å². The first-order valence-electron chi connectivity index (χ1n) is 8.82. The molecule has 0 radical (unpaired) electrons. The van der Waals surface area contributed by atoms with Gasteiger partial charge in [0.2, 0.25) is 0 Å². The van der Waals surface area contributed by atoms with E-state index in [0.29, 0.717) is 18.1 Å². The van der Waals surface area contributed by atoms with Crippen LogP contribution in [0.3, 0.4) is 0 Å². The van der Waals surface area contributed by atoms with E-state index >= 15 is 0 Å². The Morgan fingerprint density at radius 1 is 1.14 bits per heavy atom. The van der Waals surface area contributed by atoms with Crippen LogP contribution in [0.25, 0.3) is 0 Å². The molecule has 1 saturated carbocycles. The van der Waals surface area contributed by atoms with Crippen molar-refractivity contribution in [2.24, 2.45) is 0 Å². The lowest BCUT2D eigenvalue weighted by molar-refractivity contribution is 0.278. The molecule has 4 nitrogen and oxygen atoms in total. The summed E-state index contributed by atoms with van der Waals surface area (Å²) in [6, 6.07) is 1.96. The molecular formula is C17H30N4. The maximum atomic E-state index is 4.22. The number of aromatic nitrogens is 2. The molecule has 2 fully saturated rings. The van der Waals surface area contributed by atoms with E-state index < -0.39 is 0 Å². The van der Waals surface area contributed by atoms with Gasteiger partial charge in [0.25, 0.3) is 0 Å². The maximum absolute atomic E-state index is 4.22. The van der Waals surface area contributed by atoms with Crippen molar-refractivity contribution in [3.63, 3.8) is 0 Å². The molecule has 1 N–H and O–H groups in total. The quantitative estimate of drug-likeness (QED) is 0.905. The minimum absolute atomic E-state index is 0.613. The third kappa shape index (κ3) is 3.86. The highest BCUT2D eigenvalue weighted by atomic mass is 15.1. The molecule has 2 heterocycles. The summed E-state index contributed by atoms with van der Waals surface area (Å²) in [5.74, 6) is 0. The number of hydrogen-bond donors (Lipinski definition) is 1. The van der Waals surface area contributed by atoms with Gasteiger partial charge in [-0.1, -0.05) is 6.92 Å². The number of imidazole rings is 1. The van der Waals surface area contributed by atoms with Crippen molar-refractivity contribution in [2.75, 3.05) is 19.6 Å². The molecular weight excluding hydrogens is 260 g/mol. The van der Waals surface area contributed by atoms with Crippen molar-refractivity contribution in [3.8, 4) is 0 Å². The Balaban J connectivity index is 1.53. The molecule has 1 aromatic rings. The largest absolute Gasteiger partial charge is 0.333 e. The number of likely N-dealkylation sites (tertiary alicyclic amines) is 1. The van der Waals surface area contributed by atoms with E-state index in [-0.39, 0.29) is 0 Å². The van der Waals surface area contributed by atoms with Crippen LogP contribution in [-0.4, -0.2) is 46.2 Å². The van der Waals surface area contributed by atoms with E-state index in [1.807, 2.05) is 12.5 Å². The first-order chi connectivity index (χ1) is 10.4. The lowest BCUT2D eigenvalue weighted by atomic mass is 10.1. The van der Waals surface area contributed by atoms with Gasteiger partial charge in [-0.3, -0.25) is 0 Å². The van der Waals surface area contributed by atoms with Gasteiger partial charge in [-0.25, -0.2) is 4.98 Å². The summed E-state index contributed by atoms with van der Waals surface area (Å²) in [6.45, 7) is 6.12. The molecule has 0 amide bonds. The van der Waals surface area contributed by atoms with Crippen LogP contribution in [0.5, 0.6) is 0 Å². The van der Waals surface area contributed by atoms with Crippen LogP contribution in [0, 0.1) is 0 Å². The lowest BCUT2D eigenvalue weighted by Gasteiger charge is -2.27. The van der Waals surface area contributed by atoms with E-state index in [2.05, 4.69) is 32.9 Å². The molecule has 1 aromatic heterocycles. The van der Waals surface area contributed by atoms with Crippen molar-refractivity contribution in [1.82, 2.24) is 19.8 Å². The number of nitrogens with zero attached hydrogens (tertiary/aromatic N) is 3. The van der Waals surface area contributed by atoms with Crippen molar-refractivity contribution in [1.29, 1.82) is 0 Å². The van der Waals surface area contributed by atoms with Gasteiger partial charge in [0.15, 0.2) is 0 Å². The van der Waals surface area contributed by atoms with Gasteiger partial charge >= 0.3 is 0 Å². The highest BCUT2D eigenvalue weighted by molar-refractivity contribution is 4.93. The third-order valence-electron chi connectivity index (χ3n) is 5.20. The standard InChI is InChI=1S/C17H30N4/c1-2-10-20-11-4-5-15(8-12-20)19-16-6-3-7-17(16)21-13-9-18-14-21/h9,13-17,19H,2-8,10-12H2,1H3. The highest BCUT2D eigenvalue weighted by Crippen LogP contribution is 2.31. The first kappa shape index (κ1) is 15.0. The van der Waals surface area contributed by atoms with Gasteiger partial charge in [0.05, 0.1) is 6.33 Å². The Morgan fingerprint density at radius 2 is 2.10 bits per heavy atom. The molecule has 3 atom stereocenters. The minimum Gasteiger partial charge on any atom is -0.333 e. The van der Waals surface area contributed by atoms with Crippen molar-refractivity contribution >= 4 is 0 Å². The second-order valence-corrected chi connectivity index (χ2v) is 6.75. The zero-order valence-corrected chi connectivity index (χ0v) is 13.4. The Hall–Kier alpha value is -0.870. The molecule has 3 rings (SSSR count). The highest BCUT2D eigenvalue weighted by Gasteiger charge is 2.30. The van der Waals surface area contributed by atoms with E-state index in [9.17, 15) is 0 Å². The Bertz CT molecular complexity index is 403. The van der Waals surface area contributed by atoms with Crippen molar-refractivity contribution in [2.45, 2.75) is 70.0 Å². The average molecular weight is 290 g/mol. The molecule has 0 spiro atoms. The molecule has 4 heteroatoms. The zero-order valence-electron chi connectivity index (χ0n) is 13.4. The molecule has 0 bridgehead atoms. The molecule has 118 valence electrons.